The Morgan fingerprint density at radius 2 is 1.95 bits per heavy atom. The number of para-hydroxylation sites is 1. The molecule has 21 heavy (non-hydrogen) atoms. The average Bonchev–Trinajstić information content (AvgIpc) is 2.49. The van der Waals surface area contributed by atoms with Crippen LogP contribution in [0.15, 0.2) is 30.3 Å². The highest BCUT2D eigenvalue weighted by molar-refractivity contribution is 14.0. The number of ether oxygens (including phenoxy) is 1. The summed E-state index contributed by atoms with van der Waals surface area (Å²) >= 11 is 0. The van der Waals surface area contributed by atoms with Crippen LogP contribution in [0, 0.1) is 12.8 Å². The predicted molar refractivity (Wildman–Crippen MR) is 95.5 cm³/mol. The van der Waals surface area contributed by atoms with Gasteiger partial charge in [0.05, 0.1) is 5.52 Å². The minimum absolute atomic E-state index is 0. The Morgan fingerprint density at radius 1 is 1.19 bits per heavy atom. The lowest BCUT2D eigenvalue weighted by molar-refractivity contribution is -0.0101. The predicted octanol–water partition coefficient (Wildman–Crippen LogP) is 3.63. The normalized spacial score (nSPS) is 27.4. The monoisotopic (exact) mass is 396 g/mol. The number of nitrogens with zero attached hydrogens (tertiary/aromatic N) is 2. The molecule has 3 nitrogen and oxygen atoms in total. The van der Waals surface area contributed by atoms with E-state index in [2.05, 4.69) is 36.1 Å². The van der Waals surface area contributed by atoms with Crippen LogP contribution in [0.25, 0.3) is 10.9 Å². The fourth-order valence-corrected chi connectivity index (χ4v) is 3.51. The number of hydrogen-bond donors (Lipinski definition) is 0. The Labute approximate surface area is 142 Å². The van der Waals surface area contributed by atoms with Gasteiger partial charge in [0.2, 0.25) is 5.88 Å². The molecule has 0 saturated carbocycles. The topological polar surface area (TPSA) is 25.4 Å². The van der Waals surface area contributed by atoms with Gasteiger partial charge in [-0.2, -0.15) is 0 Å². The lowest BCUT2D eigenvalue weighted by Gasteiger charge is -2.44. The van der Waals surface area contributed by atoms with Crippen LogP contribution in [0.4, 0.5) is 0 Å². The van der Waals surface area contributed by atoms with Crippen LogP contribution in [0.3, 0.4) is 0 Å². The molecule has 2 bridgehead atoms. The third kappa shape index (κ3) is 2.88. The third-order valence-electron chi connectivity index (χ3n) is 4.73. The minimum Gasteiger partial charge on any atom is -0.472 e. The standard InChI is InChI=1S/C17H20N2O.HI/c1-12-10-14-4-2-3-5-15(14)18-17(12)20-16-11-19-8-6-13(16)7-9-19;/h2-5,10,13,16H,6-9,11H2,1H3;1H. The molecule has 3 saturated heterocycles. The van der Waals surface area contributed by atoms with Crippen LogP contribution in [0.2, 0.25) is 0 Å². The second-order valence-corrected chi connectivity index (χ2v) is 6.10. The summed E-state index contributed by atoms with van der Waals surface area (Å²) in [7, 11) is 0. The van der Waals surface area contributed by atoms with Gasteiger partial charge in [0.1, 0.15) is 6.10 Å². The molecule has 4 heterocycles. The van der Waals surface area contributed by atoms with Crippen molar-refractivity contribution >= 4 is 34.9 Å². The molecule has 0 aliphatic carbocycles. The first-order chi connectivity index (χ1) is 9.79. The summed E-state index contributed by atoms with van der Waals surface area (Å²) < 4.78 is 6.28. The Kier molecular flexibility index (Phi) is 4.36. The van der Waals surface area contributed by atoms with Crippen molar-refractivity contribution in [1.29, 1.82) is 0 Å². The number of rotatable bonds is 2. The van der Waals surface area contributed by atoms with E-state index in [1.54, 1.807) is 0 Å². The molecule has 0 radical (unpaired) electrons. The van der Waals surface area contributed by atoms with Crippen molar-refractivity contribution in [3.8, 4) is 5.88 Å². The Morgan fingerprint density at radius 3 is 2.67 bits per heavy atom. The van der Waals surface area contributed by atoms with E-state index in [-0.39, 0.29) is 24.0 Å². The maximum absolute atomic E-state index is 6.28. The van der Waals surface area contributed by atoms with Gasteiger partial charge in [-0.25, -0.2) is 4.98 Å². The van der Waals surface area contributed by atoms with Crippen molar-refractivity contribution in [3.05, 3.63) is 35.9 Å². The smallest absolute Gasteiger partial charge is 0.217 e. The highest BCUT2D eigenvalue weighted by atomic mass is 127. The van der Waals surface area contributed by atoms with Gasteiger partial charge in [-0.1, -0.05) is 18.2 Å². The van der Waals surface area contributed by atoms with Gasteiger partial charge in [0, 0.05) is 17.5 Å². The third-order valence-corrected chi connectivity index (χ3v) is 4.73. The largest absolute Gasteiger partial charge is 0.472 e. The molecule has 0 spiro atoms. The minimum atomic E-state index is 0. The summed E-state index contributed by atoms with van der Waals surface area (Å²) in [5, 5.41) is 1.19. The number of hydrogen-bond acceptors (Lipinski definition) is 3. The quantitative estimate of drug-likeness (QED) is 0.725. The SMILES string of the molecule is Cc1cc2ccccc2nc1OC1CN2CCC1CC2.I. The van der Waals surface area contributed by atoms with Gasteiger partial charge < -0.3 is 4.74 Å². The average molecular weight is 396 g/mol. The Balaban J connectivity index is 0.00000132. The molecule has 1 atom stereocenters. The molecule has 4 heteroatoms. The molecule has 1 aromatic carbocycles. The number of aryl methyl sites for hydroxylation is 1. The second kappa shape index (κ2) is 6.08. The highest BCUT2D eigenvalue weighted by Gasteiger charge is 2.35. The van der Waals surface area contributed by atoms with Crippen LogP contribution >= 0.6 is 24.0 Å². The molecular formula is C17H21IN2O. The zero-order valence-corrected chi connectivity index (χ0v) is 14.6. The van der Waals surface area contributed by atoms with Crippen molar-refractivity contribution in [1.82, 2.24) is 9.88 Å². The first-order valence-corrected chi connectivity index (χ1v) is 7.55. The van der Waals surface area contributed by atoms with Gasteiger partial charge >= 0.3 is 0 Å². The molecule has 5 rings (SSSR count). The van der Waals surface area contributed by atoms with E-state index in [4.69, 9.17) is 9.72 Å². The molecule has 1 unspecified atom stereocenters. The maximum Gasteiger partial charge on any atom is 0.217 e. The number of halogens is 1. The lowest BCUT2D eigenvalue weighted by atomic mass is 9.86. The summed E-state index contributed by atoms with van der Waals surface area (Å²) in [5.41, 5.74) is 2.16. The number of benzene rings is 1. The molecule has 112 valence electrons. The van der Waals surface area contributed by atoms with Gasteiger partial charge in [-0.15, -0.1) is 24.0 Å². The van der Waals surface area contributed by atoms with E-state index >= 15 is 0 Å². The summed E-state index contributed by atoms with van der Waals surface area (Å²) in [6, 6.07) is 10.4. The van der Waals surface area contributed by atoms with Crippen LogP contribution < -0.4 is 4.74 Å². The maximum atomic E-state index is 6.28. The zero-order valence-electron chi connectivity index (χ0n) is 12.3. The van der Waals surface area contributed by atoms with Crippen molar-refractivity contribution in [2.75, 3.05) is 19.6 Å². The Hall–Kier alpha value is -0.880. The fourth-order valence-electron chi connectivity index (χ4n) is 3.51. The van der Waals surface area contributed by atoms with Crippen LogP contribution in [0.5, 0.6) is 5.88 Å². The molecule has 0 amide bonds. The van der Waals surface area contributed by atoms with Crippen LogP contribution in [-0.2, 0) is 0 Å². The highest BCUT2D eigenvalue weighted by Crippen LogP contribution is 2.31. The fraction of sp³-hybridized carbons (Fsp3) is 0.471. The van der Waals surface area contributed by atoms with Crippen molar-refractivity contribution < 1.29 is 4.74 Å². The van der Waals surface area contributed by atoms with Crippen molar-refractivity contribution in [3.63, 3.8) is 0 Å². The van der Waals surface area contributed by atoms with E-state index in [1.807, 2.05) is 6.07 Å². The van der Waals surface area contributed by atoms with E-state index in [0.29, 0.717) is 12.0 Å². The van der Waals surface area contributed by atoms with E-state index < -0.39 is 0 Å². The molecule has 1 aromatic heterocycles. The number of aromatic nitrogens is 1. The first-order valence-electron chi connectivity index (χ1n) is 7.55. The molecule has 3 aliphatic rings. The van der Waals surface area contributed by atoms with Crippen molar-refractivity contribution in [2.24, 2.45) is 5.92 Å². The summed E-state index contributed by atoms with van der Waals surface area (Å²) in [6.07, 6.45) is 2.87. The van der Waals surface area contributed by atoms with E-state index in [1.165, 1.54) is 31.3 Å². The summed E-state index contributed by atoms with van der Waals surface area (Å²) in [6.45, 7) is 5.65. The zero-order chi connectivity index (χ0) is 13.5. The molecule has 2 aromatic rings. The number of pyridine rings is 1. The van der Waals surface area contributed by atoms with E-state index in [0.717, 1.165) is 23.5 Å². The van der Waals surface area contributed by atoms with Crippen LogP contribution in [-0.4, -0.2) is 35.6 Å². The van der Waals surface area contributed by atoms with Crippen molar-refractivity contribution in [2.45, 2.75) is 25.9 Å². The molecule has 0 N–H and O–H groups in total. The van der Waals surface area contributed by atoms with Crippen LogP contribution in [0.1, 0.15) is 18.4 Å². The first kappa shape index (κ1) is 15.0. The number of piperidine rings is 3. The Bertz CT molecular complexity index is 638. The van der Waals surface area contributed by atoms with Gasteiger partial charge in [-0.3, -0.25) is 4.90 Å². The molecule has 3 fully saturated rings. The summed E-state index contributed by atoms with van der Waals surface area (Å²) in [5.74, 6) is 1.54. The van der Waals surface area contributed by atoms with E-state index in [9.17, 15) is 0 Å². The van der Waals surface area contributed by atoms with Gasteiger partial charge in [0.25, 0.3) is 0 Å². The molecular weight excluding hydrogens is 375 g/mol. The van der Waals surface area contributed by atoms with Gasteiger partial charge in [-0.05, 0) is 50.9 Å². The number of fused-ring (bicyclic) bond motifs is 4. The van der Waals surface area contributed by atoms with Gasteiger partial charge in [0.15, 0.2) is 0 Å². The summed E-state index contributed by atoms with van der Waals surface area (Å²) in [4.78, 5) is 7.23. The second-order valence-electron chi connectivity index (χ2n) is 6.10. The lowest BCUT2D eigenvalue weighted by Crippen LogP contribution is -2.52. The molecule has 3 aliphatic heterocycles.